The number of anilines is 1. The first-order chi connectivity index (χ1) is 8.13. The fourth-order valence-electron chi connectivity index (χ4n) is 1.85. The lowest BCUT2D eigenvalue weighted by Crippen LogP contribution is -2.38. The fourth-order valence-corrected chi connectivity index (χ4v) is 1.85. The van der Waals surface area contributed by atoms with Crippen LogP contribution < -0.4 is 4.90 Å². The van der Waals surface area contributed by atoms with Crippen LogP contribution in [0.5, 0.6) is 0 Å². The van der Waals surface area contributed by atoms with E-state index in [2.05, 4.69) is 29.0 Å². The molecule has 1 heterocycles. The number of aromatic nitrogens is 3. The fraction of sp³-hybridized carbons (Fsp3) is 0.750. The molecular weight excluding hydrogens is 216 g/mol. The van der Waals surface area contributed by atoms with Gasteiger partial charge < -0.3 is 10.0 Å². The third-order valence-corrected chi connectivity index (χ3v) is 3.06. The van der Waals surface area contributed by atoms with E-state index in [4.69, 9.17) is 5.11 Å². The second-order valence-electron chi connectivity index (χ2n) is 4.17. The Morgan fingerprint density at radius 1 is 1.12 bits per heavy atom. The minimum Gasteiger partial charge on any atom is -0.395 e. The van der Waals surface area contributed by atoms with Crippen LogP contribution in [-0.2, 0) is 0 Å². The molecule has 0 aliphatic rings. The summed E-state index contributed by atoms with van der Waals surface area (Å²) in [5.74, 6) is 0.621. The maximum atomic E-state index is 9.14. The van der Waals surface area contributed by atoms with Crippen molar-refractivity contribution in [1.29, 1.82) is 0 Å². The summed E-state index contributed by atoms with van der Waals surface area (Å²) in [4.78, 5) is 6.49. The second kappa shape index (κ2) is 6.49. The van der Waals surface area contributed by atoms with Crippen molar-refractivity contribution in [1.82, 2.24) is 15.2 Å². The predicted molar refractivity (Wildman–Crippen MR) is 68.1 cm³/mol. The highest BCUT2D eigenvalue weighted by molar-refractivity contribution is 5.31. The van der Waals surface area contributed by atoms with Crippen molar-refractivity contribution in [2.45, 2.75) is 46.6 Å². The minimum atomic E-state index is 0.104. The van der Waals surface area contributed by atoms with Gasteiger partial charge in [-0.05, 0) is 26.7 Å². The lowest BCUT2D eigenvalue weighted by molar-refractivity contribution is 0.294. The summed E-state index contributed by atoms with van der Waals surface area (Å²) < 4.78 is 0. The van der Waals surface area contributed by atoms with Gasteiger partial charge in [-0.15, -0.1) is 5.10 Å². The lowest BCUT2D eigenvalue weighted by Gasteiger charge is -2.29. The summed E-state index contributed by atoms with van der Waals surface area (Å²) in [6, 6.07) is 0.353. The largest absolute Gasteiger partial charge is 0.395 e. The first kappa shape index (κ1) is 13.8. The van der Waals surface area contributed by atoms with Crippen molar-refractivity contribution < 1.29 is 5.11 Å². The number of aliphatic hydroxyl groups excluding tert-OH is 1. The van der Waals surface area contributed by atoms with Crippen LogP contribution in [0, 0.1) is 13.8 Å². The molecule has 1 N–H and O–H groups in total. The second-order valence-corrected chi connectivity index (χ2v) is 4.17. The lowest BCUT2D eigenvalue weighted by atomic mass is 10.1. The molecule has 0 saturated heterocycles. The normalized spacial score (nSPS) is 10.9. The molecule has 0 aliphatic heterocycles. The van der Waals surface area contributed by atoms with Gasteiger partial charge in [0.2, 0.25) is 5.95 Å². The molecule has 1 aromatic heterocycles. The van der Waals surface area contributed by atoms with Crippen LogP contribution in [0.4, 0.5) is 5.95 Å². The van der Waals surface area contributed by atoms with Gasteiger partial charge in [-0.25, -0.2) is 4.98 Å². The summed E-state index contributed by atoms with van der Waals surface area (Å²) >= 11 is 0. The van der Waals surface area contributed by atoms with Crippen LogP contribution >= 0.6 is 0 Å². The van der Waals surface area contributed by atoms with Crippen LogP contribution in [-0.4, -0.2) is 39.5 Å². The Morgan fingerprint density at radius 3 is 2.24 bits per heavy atom. The number of hydrogen-bond acceptors (Lipinski definition) is 5. The van der Waals surface area contributed by atoms with Gasteiger partial charge in [-0.2, -0.15) is 5.10 Å². The summed E-state index contributed by atoms with van der Waals surface area (Å²) in [6.45, 7) is 8.74. The first-order valence-electron chi connectivity index (χ1n) is 6.19. The molecule has 17 heavy (non-hydrogen) atoms. The van der Waals surface area contributed by atoms with E-state index in [1.54, 1.807) is 0 Å². The number of hydrogen-bond donors (Lipinski definition) is 1. The number of aliphatic hydroxyl groups is 1. The zero-order valence-corrected chi connectivity index (χ0v) is 11.1. The van der Waals surface area contributed by atoms with Gasteiger partial charge in [-0.1, -0.05) is 13.8 Å². The topological polar surface area (TPSA) is 62.1 Å². The highest BCUT2D eigenvalue weighted by Gasteiger charge is 2.18. The Kier molecular flexibility index (Phi) is 5.28. The third-order valence-electron chi connectivity index (χ3n) is 3.06. The maximum absolute atomic E-state index is 9.14. The Morgan fingerprint density at radius 2 is 1.76 bits per heavy atom. The van der Waals surface area contributed by atoms with Crippen LogP contribution in [0.3, 0.4) is 0 Å². The quantitative estimate of drug-likeness (QED) is 0.813. The molecule has 1 rings (SSSR count). The molecule has 0 saturated carbocycles. The molecule has 0 radical (unpaired) electrons. The SMILES string of the molecule is CCC(CC)N(CCO)c1nnc(C)c(C)n1. The molecule has 1 aromatic rings. The van der Waals surface area contributed by atoms with Crippen LogP contribution in [0.2, 0.25) is 0 Å². The number of nitrogens with zero attached hydrogens (tertiary/aromatic N) is 4. The number of aryl methyl sites for hydroxylation is 2. The monoisotopic (exact) mass is 238 g/mol. The summed E-state index contributed by atoms with van der Waals surface area (Å²) in [6.07, 6.45) is 2.01. The van der Waals surface area contributed by atoms with Crippen LogP contribution in [0.25, 0.3) is 0 Å². The number of rotatable bonds is 6. The van der Waals surface area contributed by atoms with E-state index in [-0.39, 0.29) is 6.61 Å². The summed E-state index contributed by atoms with van der Waals surface area (Å²) in [5, 5.41) is 17.4. The molecule has 5 heteroatoms. The Bertz CT molecular complexity index is 352. The molecular formula is C12H22N4O. The van der Waals surface area contributed by atoms with E-state index in [1.807, 2.05) is 18.7 Å². The molecule has 0 atom stereocenters. The Labute approximate surface area is 103 Å². The highest BCUT2D eigenvalue weighted by Crippen LogP contribution is 2.15. The van der Waals surface area contributed by atoms with Gasteiger partial charge in [0.1, 0.15) is 0 Å². The Balaban J connectivity index is 2.99. The van der Waals surface area contributed by atoms with Gasteiger partial charge in [-0.3, -0.25) is 0 Å². The van der Waals surface area contributed by atoms with Crippen molar-refractivity contribution in [2.75, 3.05) is 18.1 Å². The van der Waals surface area contributed by atoms with E-state index in [0.717, 1.165) is 24.2 Å². The standard InChI is InChI=1S/C12H22N4O/c1-5-11(6-2)16(7-8-17)12-13-9(3)10(4)14-15-12/h11,17H,5-8H2,1-4H3. The molecule has 0 aliphatic carbocycles. The molecule has 5 nitrogen and oxygen atoms in total. The van der Waals surface area contributed by atoms with Crippen LogP contribution in [0.1, 0.15) is 38.1 Å². The zero-order chi connectivity index (χ0) is 12.8. The van der Waals surface area contributed by atoms with E-state index >= 15 is 0 Å². The average molecular weight is 238 g/mol. The molecule has 0 fully saturated rings. The van der Waals surface area contributed by atoms with E-state index in [1.165, 1.54) is 0 Å². The highest BCUT2D eigenvalue weighted by atomic mass is 16.3. The molecule has 0 amide bonds. The average Bonchev–Trinajstić information content (AvgIpc) is 2.33. The molecule has 96 valence electrons. The first-order valence-corrected chi connectivity index (χ1v) is 6.19. The molecule has 0 bridgehead atoms. The minimum absolute atomic E-state index is 0.104. The van der Waals surface area contributed by atoms with E-state index < -0.39 is 0 Å². The Hall–Kier alpha value is -1.23. The molecule has 0 spiro atoms. The van der Waals surface area contributed by atoms with Gasteiger partial charge in [0, 0.05) is 12.6 Å². The smallest absolute Gasteiger partial charge is 0.245 e. The van der Waals surface area contributed by atoms with Crippen molar-refractivity contribution >= 4 is 5.95 Å². The van der Waals surface area contributed by atoms with Gasteiger partial charge in [0.15, 0.2) is 0 Å². The van der Waals surface area contributed by atoms with Crippen molar-refractivity contribution in [3.05, 3.63) is 11.4 Å². The molecule has 0 unspecified atom stereocenters. The summed E-state index contributed by atoms with van der Waals surface area (Å²) in [7, 11) is 0. The zero-order valence-electron chi connectivity index (χ0n) is 11.1. The maximum Gasteiger partial charge on any atom is 0.245 e. The van der Waals surface area contributed by atoms with Gasteiger partial charge in [0.25, 0.3) is 0 Å². The van der Waals surface area contributed by atoms with Gasteiger partial charge >= 0.3 is 0 Å². The summed E-state index contributed by atoms with van der Waals surface area (Å²) in [5.41, 5.74) is 1.74. The van der Waals surface area contributed by atoms with E-state index in [9.17, 15) is 0 Å². The van der Waals surface area contributed by atoms with Crippen molar-refractivity contribution in [3.8, 4) is 0 Å². The van der Waals surface area contributed by atoms with Gasteiger partial charge in [0.05, 0.1) is 18.0 Å². The van der Waals surface area contributed by atoms with Crippen LogP contribution in [0.15, 0.2) is 0 Å². The predicted octanol–water partition coefficient (Wildman–Crippen LogP) is 1.48. The van der Waals surface area contributed by atoms with Crippen molar-refractivity contribution in [3.63, 3.8) is 0 Å². The van der Waals surface area contributed by atoms with E-state index in [0.29, 0.717) is 18.5 Å². The van der Waals surface area contributed by atoms with Crippen molar-refractivity contribution in [2.24, 2.45) is 0 Å². The molecule has 0 aromatic carbocycles. The third kappa shape index (κ3) is 3.36.